The molecule has 0 fully saturated rings. The summed E-state index contributed by atoms with van der Waals surface area (Å²) in [5.74, 6) is 0.957. The molecule has 0 aliphatic carbocycles. The van der Waals surface area contributed by atoms with Crippen molar-refractivity contribution >= 4 is 15.9 Å². The molecule has 1 atom stereocenters. The maximum atomic E-state index is 5.65. The first-order chi connectivity index (χ1) is 6.26. The number of rotatable bonds is 4. The Morgan fingerprint density at radius 3 is 2.38 bits per heavy atom. The van der Waals surface area contributed by atoms with Crippen LogP contribution in [0.4, 0.5) is 0 Å². The van der Waals surface area contributed by atoms with Gasteiger partial charge in [0.1, 0.15) is 5.75 Å². The van der Waals surface area contributed by atoms with Crippen LogP contribution in [-0.2, 0) is 5.33 Å². The van der Waals surface area contributed by atoms with Crippen molar-refractivity contribution in [3.63, 3.8) is 0 Å². The van der Waals surface area contributed by atoms with Crippen molar-refractivity contribution in [2.75, 3.05) is 0 Å². The van der Waals surface area contributed by atoms with Crippen molar-refractivity contribution < 1.29 is 4.74 Å². The first kappa shape index (κ1) is 10.6. The van der Waals surface area contributed by atoms with E-state index in [-0.39, 0.29) is 0 Å². The van der Waals surface area contributed by atoms with Gasteiger partial charge in [0.15, 0.2) is 0 Å². The molecule has 1 nitrogen and oxygen atoms in total. The SMILES string of the molecule is CC[C@H](C)Oc1ccc(CBr)cc1. The second kappa shape index (κ2) is 5.28. The maximum Gasteiger partial charge on any atom is 0.119 e. The van der Waals surface area contributed by atoms with Crippen LogP contribution in [0.25, 0.3) is 0 Å². The van der Waals surface area contributed by atoms with Gasteiger partial charge in [-0.2, -0.15) is 0 Å². The van der Waals surface area contributed by atoms with E-state index in [2.05, 4.69) is 41.9 Å². The fourth-order valence-corrected chi connectivity index (χ4v) is 1.35. The molecule has 1 rings (SSSR count). The molecule has 1 aromatic carbocycles. The van der Waals surface area contributed by atoms with E-state index in [0.717, 1.165) is 17.5 Å². The van der Waals surface area contributed by atoms with Crippen LogP contribution in [0, 0.1) is 0 Å². The number of halogens is 1. The number of hydrogen-bond donors (Lipinski definition) is 0. The molecule has 0 radical (unpaired) electrons. The topological polar surface area (TPSA) is 9.23 Å². The first-order valence-corrected chi connectivity index (χ1v) is 5.70. The third kappa shape index (κ3) is 3.39. The van der Waals surface area contributed by atoms with Gasteiger partial charge in [-0.3, -0.25) is 0 Å². The molecule has 0 amide bonds. The van der Waals surface area contributed by atoms with E-state index in [9.17, 15) is 0 Å². The summed E-state index contributed by atoms with van der Waals surface area (Å²) in [5, 5.41) is 0.899. The van der Waals surface area contributed by atoms with Crippen LogP contribution >= 0.6 is 15.9 Å². The Balaban J connectivity index is 2.58. The van der Waals surface area contributed by atoms with E-state index in [1.54, 1.807) is 0 Å². The lowest BCUT2D eigenvalue weighted by Crippen LogP contribution is -2.09. The average Bonchev–Trinajstić information content (AvgIpc) is 2.19. The number of hydrogen-bond acceptors (Lipinski definition) is 1. The Labute approximate surface area is 88.2 Å². The van der Waals surface area contributed by atoms with E-state index in [1.807, 2.05) is 12.1 Å². The lowest BCUT2D eigenvalue weighted by atomic mass is 10.2. The highest BCUT2D eigenvalue weighted by molar-refractivity contribution is 9.08. The average molecular weight is 243 g/mol. The normalized spacial score (nSPS) is 12.5. The van der Waals surface area contributed by atoms with Crippen molar-refractivity contribution in [1.29, 1.82) is 0 Å². The molecule has 0 bridgehead atoms. The lowest BCUT2D eigenvalue weighted by molar-refractivity contribution is 0.217. The van der Waals surface area contributed by atoms with Crippen LogP contribution in [0.5, 0.6) is 5.75 Å². The zero-order chi connectivity index (χ0) is 9.68. The summed E-state index contributed by atoms with van der Waals surface area (Å²) in [6, 6.07) is 8.18. The van der Waals surface area contributed by atoms with Crippen LogP contribution in [0.2, 0.25) is 0 Å². The molecule has 1 aromatic rings. The molecule has 0 N–H and O–H groups in total. The van der Waals surface area contributed by atoms with Crippen molar-refractivity contribution in [3.05, 3.63) is 29.8 Å². The van der Waals surface area contributed by atoms with Gasteiger partial charge in [-0.1, -0.05) is 35.0 Å². The van der Waals surface area contributed by atoms with Gasteiger partial charge in [0.05, 0.1) is 6.10 Å². The standard InChI is InChI=1S/C11H15BrO/c1-3-9(2)13-11-6-4-10(8-12)5-7-11/h4-7,9H,3,8H2,1-2H3/t9-/m0/s1. The van der Waals surface area contributed by atoms with E-state index < -0.39 is 0 Å². The van der Waals surface area contributed by atoms with Gasteiger partial charge in [0.25, 0.3) is 0 Å². The summed E-state index contributed by atoms with van der Waals surface area (Å²) < 4.78 is 5.65. The lowest BCUT2D eigenvalue weighted by Gasteiger charge is -2.12. The molecule has 13 heavy (non-hydrogen) atoms. The third-order valence-electron chi connectivity index (χ3n) is 1.99. The van der Waals surface area contributed by atoms with Gasteiger partial charge >= 0.3 is 0 Å². The van der Waals surface area contributed by atoms with E-state index >= 15 is 0 Å². The molecule has 0 unspecified atom stereocenters. The van der Waals surface area contributed by atoms with E-state index in [1.165, 1.54) is 5.56 Å². The Bertz CT molecular complexity index is 243. The minimum absolute atomic E-state index is 0.301. The van der Waals surface area contributed by atoms with Crippen LogP contribution in [0.3, 0.4) is 0 Å². The molecule has 0 aliphatic heterocycles. The van der Waals surface area contributed by atoms with Crippen molar-refractivity contribution in [2.45, 2.75) is 31.7 Å². The van der Waals surface area contributed by atoms with E-state index in [0.29, 0.717) is 6.10 Å². The highest BCUT2D eigenvalue weighted by Crippen LogP contribution is 2.15. The summed E-state index contributed by atoms with van der Waals surface area (Å²) in [7, 11) is 0. The zero-order valence-electron chi connectivity index (χ0n) is 8.09. The molecule has 0 saturated heterocycles. The summed E-state index contributed by atoms with van der Waals surface area (Å²) in [6.07, 6.45) is 1.34. The maximum absolute atomic E-state index is 5.65. The van der Waals surface area contributed by atoms with E-state index in [4.69, 9.17) is 4.74 Å². The smallest absolute Gasteiger partial charge is 0.119 e. The van der Waals surface area contributed by atoms with Gasteiger partial charge < -0.3 is 4.74 Å². The highest BCUT2D eigenvalue weighted by Gasteiger charge is 1.99. The summed E-state index contributed by atoms with van der Waals surface area (Å²) >= 11 is 3.41. The molecule has 2 heteroatoms. The second-order valence-electron chi connectivity index (χ2n) is 3.11. The van der Waals surface area contributed by atoms with Crippen LogP contribution < -0.4 is 4.74 Å². The second-order valence-corrected chi connectivity index (χ2v) is 3.68. The fraction of sp³-hybridized carbons (Fsp3) is 0.455. The van der Waals surface area contributed by atoms with Gasteiger partial charge in [-0.15, -0.1) is 0 Å². The van der Waals surface area contributed by atoms with Gasteiger partial charge in [-0.05, 0) is 31.0 Å². The monoisotopic (exact) mass is 242 g/mol. The minimum atomic E-state index is 0.301. The zero-order valence-corrected chi connectivity index (χ0v) is 9.67. The van der Waals surface area contributed by atoms with Crippen LogP contribution in [-0.4, -0.2) is 6.10 Å². The Hall–Kier alpha value is -0.500. The molecule has 0 saturated carbocycles. The number of ether oxygens (including phenoxy) is 1. The summed E-state index contributed by atoms with van der Waals surface area (Å²) in [4.78, 5) is 0. The van der Waals surface area contributed by atoms with Gasteiger partial charge in [0, 0.05) is 5.33 Å². The van der Waals surface area contributed by atoms with Crippen molar-refractivity contribution in [3.8, 4) is 5.75 Å². The Morgan fingerprint density at radius 2 is 1.92 bits per heavy atom. The molecule has 0 aliphatic rings. The fourth-order valence-electron chi connectivity index (χ4n) is 0.973. The predicted molar refractivity (Wildman–Crippen MR) is 59.5 cm³/mol. The van der Waals surface area contributed by atoms with Crippen LogP contribution in [0.15, 0.2) is 24.3 Å². The highest BCUT2D eigenvalue weighted by atomic mass is 79.9. The molecule has 0 heterocycles. The predicted octanol–water partition coefficient (Wildman–Crippen LogP) is 3.76. The van der Waals surface area contributed by atoms with Crippen LogP contribution in [0.1, 0.15) is 25.8 Å². The number of alkyl halides is 1. The minimum Gasteiger partial charge on any atom is -0.491 e. The van der Waals surface area contributed by atoms with Crippen molar-refractivity contribution in [2.24, 2.45) is 0 Å². The molecule has 0 spiro atoms. The van der Waals surface area contributed by atoms with Crippen molar-refractivity contribution in [1.82, 2.24) is 0 Å². The third-order valence-corrected chi connectivity index (χ3v) is 2.64. The quantitative estimate of drug-likeness (QED) is 0.731. The molecular formula is C11H15BrO. The Kier molecular flexibility index (Phi) is 4.29. The summed E-state index contributed by atoms with van der Waals surface area (Å²) in [6.45, 7) is 4.20. The molecule has 72 valence electrons. The molecular weight excluding hydrogens is 228 g/mol. The van der Waals surface area contributed by atoms with Gasteiger partial charge in [0.2, 0.25) is 0 Å². The molecule has 0 aromatic heterocycles. The first-order valence-electron chi connectivity index (χ1n) is 4.57. The number of benzene rings is 1. The Morgan fingerprint density at radius 1 is 1.31 bits per heavy atom. The summed E-state index contributed by atoms with van der Waals surface area (Å²) in [5.41, 5.74) is 1.27. The van der Waals surface area contributed by atoms with Gasteiger partial charge in [-0.25, -0.2) is 0 Å². The largest absolute Gasteiger partial charge is 0.491 e.